The molecule has 0 aliphatic rings. The van der Waals surface area contributed by atoms with Crippen LogP contribution in [0.2, 0.25) is 5.15 Å². The van der Waals surface area contributed by atoms with Crippen molar-refractivity contribution in [3.8, 4) is 5.69 Å². The van der Waals surface area contributed by atoms with Crippen LogP contribution >= 0.6 is 11.6 Å². The highest BCUT2D eigenvalue weighted by Gasteiger charge is 2.20. The molecule has 8 nitrogen and oxygen atoms in total. The fourth-order valence-corrected chi connectivity index (χ4v) is 4.11. The molecule has 0 aromatic carbocycles. The molecule has 0 bridgehead atoms. The average Bonchev–Trinajstić information content (AvgIpc) is 3.27. The van der Waals surface area contributed by atoms with E-state index in [1.807, 2.05) is 6.07 Å². The Labute approximate surface area is 193 Å². The molecule has 0 spiro atoms. The quantitative estimate of drug-likeness (QED) is 0.351. The topological polar surface area (TPSA) is 83.4 Å². The summed E-state index contributed by atoms with van der Waals surface area (Å²) in [5.74, 6) is 0.568. The van der Waals surface area contributed by atoms with Crippen molar-refractivity contribution in [1.82, 2.24) is 33.6 Å². The van der Waals surface area contributed by atoms with E-state index < -0.39 is 11.5 Å². The standard InChI is InChI=1S/C23H21ClFN7O/c1-14(2)7-10-30-18-3-4-20(24)28-22(18)29-21(30)13-31-19-12-27-9-6-17(19)32(23(31)33)16-5-8-26-11-15(16)25/h3-6,8-9,11-12,14H,7,10,13H2,1-2H3. The Kier molecular flexibility index (Phi) is 5.41. The molecular formula is C23H21ClFN7O. The summed E-state index contributed by atoms with van der Waals surface area (Å²) in [7, 11) is 0. The molecule has 0 saturated heterocycles. The minimum absolute atomic E-state index is 0.131. The van der Waals surface area contributed by atoms with Gasteiger partial charge in [0.1, 0.15) is 11.0 Å². The van der Waals surface area contributed by atoms with Crippen LogP contribution in [0.5, 0.6) is 0 Å². The first kappa shape index (κ1) is 21.3. The zero-order valence-electron chi connectivity index (χ0n) is 18.1. The second-order valence-corrected chi connectivity index (χ2v) is 8.62. The molecule has 0 saturated carbocycles. The number of hydrogen-bond donors (Lipinski definition) is 0. The highest BCUT2D eigenvalue weighted by atomic mass is 35.5. The number of fused-ring (bicyclic) bond motifs is 2. The molecule has 5 rings (SSSR count). The van der Waals surface area contributed by atoms with Gasteiger partial charge in [0.15, 0.2) is 11.5 Å². The van der Waals surface area contributed by atoms with Crippen molar-refractivity contribution in [2.45, 2.75) is 33.4 Å². The van der Waals surface area contributed by atoms with E-state index in [9.17, 15) is 9.18 Å². The normalized spacial score (nSPS) is 11.8. The van der Waals surface area contributed by atoms with Gasteiger partial charge < -0.3 is 4.57 Å². The van der Waals surface area contributed by atoms with E-state index in [1.165, 1.54) is 16.8 Å². The van der Waals surface area contributed by atoms with E-state index in [-0.39, 0.29) is 12.2 Å². The highest BCUT2D eigenvalue weighted by Crippen LogP contribution is 2.22. The van der Waals surface area contributed by atoms with Gasteiger partial charge in [-0.15, -0.1) is 0 Å². The summed E-state index contributed by atoms with van der Waals surface area (Å²) in [5.41, 5.74) is 2.24. The Balaban J connectivity index is 1.69. The molecule has 0 N–H and O–H groups in total. The van der Waals surface area contributed by atoms with Crippen LogP contribution in [0.4, 0.5) is 4.39 Å². The zero-order chi connectivity index (χ0) is 23.1. The number of aryl methyl sites for hydroxylation is 1. The van der Waals surface area contributed by atoms with Crippen LogP contribution in [0.15, 0.2) is 53.8 Å². The first-order chi connectivity index (χ1) is 15.9. The summed E-state index contributed by atoms with van der Waals surface area (Å²) in [4.78, 5) is 30.5. The molecule has 0 atom stereocenters. The summed E-state index contributed by atoms with van der Waals surface area (Å²) < 4.78 is 19.5. The maximum Gasteiger partial charge on any atom is 0.334 e. The molecule has 0 amide bonds. The van der Waals surface area contributed by atoms with Gasteiger partial charge in [-0.05, 0) is 36.6 Å². The van der Waals surface area contributed by atoms with E-state index in [1.54, 1.807) is 29.1 Å². The molecule has 10 heteroatoms. The number of aromatic nitrogens is 7. The zero-order valence-corrected chi connectivity index (χ0v) is 18.9. The number of hydrogen-bond acceptors (Lipinski definition) is 5. The van der Waals surface area contributed by atoms with Gasteiger partial charge in [0, 0.05) is 18.9 Å². The lowest BCUT2D eigenvalue weighted by Gasteiger charge is -2.11. The Morgan fingerprint density at radius 1 is 0.970 bits per heavy atom. The molecule has 5 aromatic rings. The lowest BCUT2D eigenvalue weighted by atomic mass is 10.1. The van der Waals surface area contributed by atoms with E-state index in [4.69, 9.17) is 11.6 Å². The minimum atomic E-state index is -0.585. The van der Waals surface area contributed by atoms with Gasteiger partial charge in [-0.1, -0.05) is 25.4 Å². The van der Waals surface area contributed by atoms with E-state index >= 15 is 0 Å². The first-order valence-electron chi connectivity index (χ1n) is 10.6. The molecule has 0 fully saturated rings. The Morgan fingerprint density at radius 3 is 2.55 bits per heavy atom. The lowest BCUT2D eigenvalue weighted by Crippen LogP contribution is -2.25. The third-order valence-corrected chi connectivity index (χ3v) is 5.82. The molecule has 0 aliphatic heterocycles. The molecule has 168 valence electrons. The van der Waals surface area contributed by atoms with Crippen LogP contribution in [0.1, 0.15) is 26.1 Å². The molecule has 5 aromatic heterocycles. The van der Waals surface area contributed by atoms with Crippen molar-refractivity contribution >= 4 is 33.8 Å². The third kappa shape index (κ3) is 3.78. The maximum atomic E-state index is 14.6. The highest BCUT2D eigenvalue weighted by molar-refractivity contribution is 6.29. The molecule has 0 aliphatic carbocycles. The number of nitrogens with zero attached hydrogens (tertiary/aromatic N) is 7. The van der Waals surface area contributed by atoms with Gasteiger partial charge in [-0.25, -0.2) is 19.2 Å². The van der Waals surface area contributed by atoms with Crippen LogP contribution in [0.25, 0.3) is 27.9 Å². The number of imidazole rings is 2. The van der Waals surface area contributed by atoms with Crippen LogP contribution in [-0.2, 0) is 13.1 Å². The van der Waals surface area contributed by atoms with Crippen molar-refractivity contribution in [2.75, 3.05) is 0 Å². The van der Waals surface area contributed by atoms with E-state index in [0.717, 1.165) is 24.7 Å². The second-order valence-electron chi connectivity index (χ2n) is 8.23. The van der Waals surface area contributed by atoms with Crippen molar-refractivity contribution in [3.63, 3.8) is 0 Å². The molecule has 0 radical (unpaired) electrons. The third-order valence-electron chi connectivity index (χ3n) is 5.61. The molecule has 5 heterocycles. The first-order valence-corrected chi connectivity index (χ1v) is 11.0. The number of halogens is 2. The predicted octanol–water partition coefficient (Wildman–Crippen LogP) is 4.21. The SMILES string of the molecule is CC(C)CCn1c(Cn2c(=O)n(-c3ccncc3F)c3ccncc32)nc2nc(Cl)ccc21. The van der Waals surface area contributed by atoms with Gasteiger partial charge in [-0.3, -0.25) is 19.1 Å². The fraction of sp³-hybridized carbons (Fsp3) is 0.261. The molecule has 0 unspecified atom stereocenters. The van der Waals surface area contributed by atoms with Gasteiger partial charge in [-0.2, -0.15) is 0 Å². The Hall–Kier alpha value is -3.59. The van der Waals surface area contributed by atoms with Crippen molar-refractivity contribution < 1.29 is 4.39 Å². The summed E-state index contributed by atoms with van der Waals surface area (Å²) in [6.07, 6.45) is 6.65. The van der Waals surface area contributed by atoms with E-state index in [2.05, 4.69) is 38.4 Å². The van der Waals surface area contributed by atoms with Gasteiger partial charge in [0.25, 0.3) is 0 Å². The largest absolute Gasteiger partial charge is 0.334 e. The van der Waals surface area contributed by atoms with E-state index in [0.29, 0.717) is 33.6 Å². The summed E-state index contributed by atoms with van der Waals surface area (Å²) in [6.45, 7) is 5.20. The van der Waals surface area contributed by atoms with Crippen LogP contribution in [0.3, 0.4) is 0 Å². The van der Waals surface area contributed by atoms with Crippen LogP contribution in [-0.4, -0.2) is 33.6 Å². The van der Waals surface area contributed by atoms with Gasteiger partial charge in [0.2, 0.25) is 0 Å². The second kappa shape index (κ2) is 8.40. The van der Waals surface area contributed by atoms with Gasteiger partial charge in [0.05, 0.1) is 41.2 Å². The lowest BCUT2D eigenvalue weighted by molar-refractivity contribution is 0.507. The van der Waals surface area contributed by atoms with Crippen molar-refractivity contribution in [2.24, 2.45) is 5.92 Å². The maximum absolute atomic E-state index is 14.6. The monoisotopic (exact) mass is 465 g/mol. The average molecular weight is 466 g/mol. The Morgan fingerprint density at radius 2 is 1.76 bits per heavy atom. The van der Waals surface area contributed by atoms with Crippen LogP contribution < -0.4 is 5.69 Å². The summed E-state index contributed by atoms with van der Waals surface area (Å²) in [5, 5.41) is 0.355. The molecule has 33 heavy (non-hydrogen) atoms. The molecular weight excluding hydrogens is 445 g/mol. The van der Waals surface area contributed by atoms with Crippen molar-refractivity contribution in [1.29, 1.82) is 0 Å². The van der Waals surface area contributed by atoms with Gasteiger partial charge >= 0.3 is 5.69 Å². The fourth-order valence-electron chi connectivity index (χ4n) is 3.97. The predicted molar refractivity (Wildman–Crippen MR) is 124 cm³/mol. The Bertz CT molecular complexity index is 1540. The summed E-state index contributed by atoms with van der Waals surface area (Å²) in [6, 6.07) is 6.79. The minimum Gasteiger partial charge on any atom is -0.325 e. The summed E-state index contributed by atoms with van der Waals surface area (Å²) >= 11 is 6.09. The smallest absolute Gasteiger partial charge is 0.325 e. The number of pyridine rings is 3. The number of rotatable bonds is 6. The van der Waals surface area contributed by atoms with Crippen LogP contribution in [0, 0.1) is 11.7 Å². The van der Waals surface area contributed by atoms with Crippen molar-refractivity contribution in [3.05, 3.63) is 76.3 Å².